The molecule has 8 nitrogen and oxygen atoms in total. The zero-order valence-electron chi connectivity index (χ0n) is 31.3. The molecular weight excluding hydrogens is 651 g/mol. The maximum Gasteiger partial charge on any atom is 0.469 e. The fourth-order valence-corrected chi connectivity index (χ4v) is 5.22. The van der Waals surface area contributed by atoms with Crippen molar-refractivity contribution in [2.45, 2.75) is 161 Å². The lowest BCUT2D eigenvalue weighted by molar-refractivity contribution is -0.161. The average Bonchev–Trinajstić information content (AvgIpc) is 3.08. The van der Waals surface area contributed by atoms with E-state index in [1.165, 1.54) is 44.9 Å². The molecule has 286 valence electrons. The summed E-state index contributed by atoms with van der Waals surface area (Å²) < 4.78 is 26.3. The Kier molecular flexibility index (Phi) is 34.5. The first kappa shape index (κ1) is 47.5. The largest absolute Gasteiger partial charge is 0.469 e. The van der Waals surface area contributed by atoms with Crippen LogP contribution in [0.1, 0.15) is 155 Å². The lowest BCUT2D eigenvalue weighted by Crippen LogP contribution is -2.29. The zero-order chi connectivity index (χ0) is 36.8. The maximum absolute atomic E-state index is 12.4. The van der Waals surface area contributed by atoms with Gasteiger partial charge in [0.25, 0.3) is 0 Å². The Bertz CT molecular complexity index is 1040. The Morgan fingerprint density at radius 2 is 0.960 bits per heavy atom. The zero-order valence-corrected chi connectivity index (χ0v) is 32.2. The van der Waals surface area contributed by atoms with Crippen molar-refractivity contribution in [2.75, 3.05) is 13.2 Å². The number of phosphoric acid groups is 1. The predicted molar refractivity (Wildman–Crippen MR) is 207 cm³/mol. The van der Waals surface area contributed by atoms with Gasteiger partial charge in [-0.15, -0.1) is 0 Å². The van der Waals surface area contributed by atoms with Crippen LogP contribution in [0, 0.1) is 0 Å². The lowest BCUT2D eigenvalue weighted by atomic mass is 10.1. The molecule has 0 aliphatic rings. The third kappa shape index (κ3) is 38.3. The number of phosphoric ester groups is 1. The van der Waals surface area contributed by atoms with Crippen molar-refractivity contribution in [3.63, 3.8) is 0 Å². The van der Waals surface area contributed by atoms with Gasteiger partial charge in [-0.25, -0.2) is 4.57 Å². The summed E-state index contributed by atoms with van der Waals surface area (Å²) in [6.45, 7) is 3.48. The standard InChI is InChI=1S/C41H69O8P/c1-3-5-7-9-11-13-15-17-19-20-22-24-26-28-30-32-34-36-41(43)49-39(38-48-50(44,45)46)37-47-40(42)35-33-31-29-27-25-23-21-18-16-14-12-10-8-6-4-2/h6,8,11-14,17-19,21,25,27,39H,3-5,7,9-10,15-16,20,22-24,26,28-38H2,1-2H3,(H2,44,45,46)/b8-6+,13-11+,14-12+,19-17+,21-18+,27-25+/t39-/m1/s1. The minimum Gasteiger partial charge on any atom is -0.462 e. The Morgan fingerprint density at radius 1 is 0.540 bits per heavy atom. The van der Waals surface area contributed by atoms with Gasteiger partial charge in [0.05, 0.1) is 6.61 Å². The van der Waals surface area contributed by atoms with E-state index in [1.54, 1.807) is 0 Å². The minimum absolute atomic E-state index is 0.190. The number of rotatable bonds is 34. The summed E-state index contributed by atoms with van der Waals surface area (Å²) in [4.78, 5) is 42.7. The quantitative estimate of drug-likeness (QED) is 0.0292. The molecule has 0 saturated heterocycles. The molecule has 2 N–H and O–H groups in total. The maximum atomic E-state index is 12.4. The second-order valence-corrected chi connectivity index (χ2v) is 13.8. The van der Waals surface area contributed by atoms with Crippen LogP contribution in [0.2, 0.25) is 0 Å². The highest BCUT2D eigenvalue weighted by Crippen LogP contribution is 2.36. The molecule has 0 saturated carbocycles. The van der Waals surface area contributed by atoms with Gasteiger partial charge in [0.1, 0.15) is 6.61 Å². The molecule has 0 heterocycles. The van der Waals surface area contributed by atoms with Crippen molar-refractivity contribution in [1.29, 1.82) is 0 Å². The predicted octanol–water partition coefficient (Wildman–Crippen LogP) is 11.5. The van der Waals surface area contributed by atoms with Gasteiger partial charge in [-0.2, -0.15) is 0 Å². The number of allylic oxidation sites excluding steroid dienone is 12. The Morgan fingerprint density at radius 3 is 1.48 bits per heavy atom. The van der Waals surface area contributed by atoms with E-state index >= 15 is 0 Å². The summed E-state index contributed by atoms with van der Waals surface area (Å²) >= 11 is 0. The van der Waals surface area contributed by atoms with Crippen LogP contribution in [-0.2, 0) is 28.2 Å². The summed E-state index contributed by atoms with van der Waals surface area (Å²) in [6.07, 6.45) is 46.2. The van der Waals surface area contributed by atoms with Crippen molar-refractivity contribution in [3.05, 3.63) is 72.9 Å². The van der Waals surface area contributed by atoms with E-state index in [4.69, 9.17) is 19.3 Å². The van der Waals surface area contributed by atoms with Gasteiger partial charge in [-0.05, 0) is 83.5 Å². The molecule has 0 amide bonds. The molecule has 0 aliphatic heterocycles. The van der Waals surface area contributed by atoms with Crippen LogP contribution < -0.4 is 0 Å². The van der Waals surface area contributed by atoms with Crippen LogP contribution in [0.25, 0.3) is 0 Å². The molecule has 0 fully saturated rings. The summed E-state index contributed by atoms with van der Waals surface area (Å²) in [6, 6.07) is 0. The summed E-state index contributed by atoms with van der Waals surface area (Å²) in [5.74, 6) is -0.949. The normalized spacial score (nSPS) is 13.3. The second kappa shape index (κ2) is 36.3. The van der Waals surface area contributed by atoms with Gasteiger partial charge < -0.3 is 19.3 Å². The molecule has 0 rings (SSSR count). The fraction of sp³-hybridized carbons (Fsp3) is 0.659. The van der Waals surface area contributed by atoms with Crippen LogP contribution in [0.5, 0.6) is 0 Å². The van der Waals surface area contributed by atoms with Gasteiger partial charge in [0, 0.05) is 12.8 Å². The molecule has 0 aromatic rings. The number of ether oxygens (including phenoxy) is 2. The molecule has 0 radical (unpaired) electrons. The van der Waals surface area contributed by atoms with Crippen LogP contribution >= 0.6 is 7.82 Å². The summed E-state index contributed by atoms with van der Waals surface area (Å²) in [5.41, 5.74) is 0. The number of carbonyl (C=O) groups excluding carboxylic acids is 2. The highest BCUT2D eigenvalue weighted by Gasteiger charge is 2.22. The first-order valence-corrected chi connectivity index (χ1v) is 20.8. The van der Waals surface area contributed by atoms with Gasteiger partial charge >= 0.3 is 19.8 Å². The molecule has 0 spiro atoms. The summed E-state index contributed by atoms with van der Waals surface area (Å²) in [5, 5.41) is 0. The van der Waals surface area contributed by atoms with E-state index in [-0.39, 0.29) is 19.4 Å². The molecule has 0 aromatic heterocycles. The number of hydrogen-bond donors (Lipinski definition) is 2. The van der Waals surface area contributed by atoms with E-state index in [0.717, 1.165) is 70.6 Å². The third-order valence-electron chi connectivity index (χ3n) is 7.71. The number of hydrogen-bond acceptors (Lipinski definition) is 6. The monoisotopic (exact) mass is 720 g/mol. The Labute approximate surface area is 304 Å². The lowest BCUT2D eigenvalue weighted by Gasteiger charge is -2.18. The molecule has 0 aliphatic carbocycles. The van der Waals surface area contributed by atoms with E-state index in [1.807, 2.05) is 0 Å². The molecule has 50 heavy (non-hydrogen) atoms. The molecule has 9 heteroatoms. The number of esters is 2. The molecule has 0 bridgehead atoms. The highest BCUT2D eigenvalue weighted by atomic mass is 31.2. The van der Waals surface area contributed by atoms with Crippen molar-refractivity contribution < 1.29 is 37.9 Å². The van der Waals surface area contributed by atoms with Crippen LogP contribution in [0.4, 0.5) is 0 Å². The number of carbonyl (C=O) groups is 2. The van der Waals surface area contributed by atoms with Crippen LogP contribution in [0.15, 0.2) is 72.9 Å². The minimum atomic E-state index is -4.77. The molecular formula is C41H69O8P. The first-order chi connectivity index (χ1) is 24.3. The first-order valence-electron chi connectivity index (χ1n) is 19.2. The Balaban J connectivity index is 4.06. The van der Waals surface area contributed by atoms with Crippen molar-refractivity contribution in [1.82, 2.24) is 0 Å². The average molecular weight is 721 g/mol. The van der Waals surface area contributed by atoms with Gasteiger partial charge in [-0.3, -0.25) is 14.1 Å². The van der Waals surface area contributed by atoms with E-state index in [0.29, 0.717) is 12.8 Å². The molecule has 1 atom stereocenters. The van der Waals surface area contributed by atoms with Gasteiger partial charge in [-0.1, -0.05) is 132 Å². The van der Waals surface area contributed by atoms with E-state index in [9.17, 15) is 14.2 Å². The van der Waals surface area contributed by atoms with Crippen LogP contribution in [0.3, 0.4) is 0 Å². The van der Waals surface area contributed by atoms with Crippen molar-refractivity contribution >= 4 is 19.8 Å². The molecule has 0 unspecified atom stereocenters. The van der Waals surface area contributed by atoms with Crippen molar-refractivity contribution in [2.24, 2.45) is 0 Å². The van der Waals surface area contributed by atoms with Crippen LogP contribution in [-0.4, -0.2) is 41.0 Å². The topological polar surface area (TPSA) is 119 Å². The third-order valence-corrected chi connectivity index (χ3v) is 8.19. The summed E-state index contributed by atoms with van der Waals surface area (Å²) in [7, 11) is -4.77. The highest BCUT2D eigenvalue weighted by molar-refractivity contribution is 7.46. The van der Waals surface area contributed by atoms with Crippen molar-refractivity contribution in [3.8, 4) is 0 Å². The molecule has 0 aromatic carbocycles. The van der Waals surface area contributed by atoms with E-state index in [2.05, 4.69) is 91.3 Å². The fourth-order valence-electron chi connectivity index (χ4n) is 4.86. The SMILES string of the molecule is CC/C=C/C/C=C/C/C=C/C/C=C/CCCCC(=O)OC[C@H](COP(=O)(O)O)OC(=O)CCCCCCCCC/C=C/C/C=C/CCCCC. The van der Waals surface area contributed by atoms with E-state index < -0.39 is 32.5 Å². The Hall–Kier alpha value is -2.51. The smallest absolute Gasteiger partial charge is 0.462 e. The second-order valence-electron chi connectivity index (χ2n) is 12.5. The van der Waals surface area contributed by atoms with Gasteiger partial charge in [0.15, 0.2) is 6.10 Å². The van der Waals surface area contributed by atoms with Gasteiger partial charge in [0.2, 0.25) is 0 Å². The number of unbranched alkanes of at least 4 members (excludes halogenated alkanes) is 12.